The minimum atomic E-state index is -0.262. The Morgan fingerprint density at radius 2 is 1.78 bits per heavy atom. The van der Waals surface area contributed by atoms with Crippen molar-refractivity contribution < 1.29 is 8.78 Å². The first kappa shape index (κ1) is 16.3. The molecular weight excluding hydrogens is 314 g/mol. The Morgan fingerprint density at radius 3 is 2.48 bits per heavy atom. The van der Waals surface area contributed by atoms with Gasteiger partial charge in [-0.25, -0.2) is 8.78 Å². The molecule has 1 fully saturated rings. The van der Waals surface area contributed by atoms with Crippen molar-refractivity contribution in [2.75, 3.05) is 25.5 Å². The zero-order valence-corrected chi connectivity index (χ0v) is 13.9. The van der Waals surface area contributed by atoms with Crippen LogP contribution in [0.5, 0.6) is 0 Å². The molecule has 122 valence electrons. The Kier molecular flexibility index (Phi) is 5.18. The highest BCUT2D eigenvalue weighted by atomic mass is 32.2. The van der Waals surface area contributed by atoms with Crippen LogP contribution < -0.4 is 10.6 Å². The maximum Gasteiger partial charge on any atom is 0.139 e. The first-order valence-electron chi connectivity index (χ1n) is 7.82. The molecule has 2 aromatic rings. The van der Waals surface area contributed by atoms with Gasteiger partial charge in [-0.3, -0.25) is 0 Å². The van der Waals surface area contributed by atoms with Crippen molar-refractivity contribution in [1.82, 2.24) is 5.32 Å². The Morgan fingerprint density at radius 1 is 1.04 bits per heavy atom. The number of nitrogens with one attached hydrogen (secondary N) is 2. The van der Waals surface area contributed by atoms with Gasteiger partial charge in [0.15, 0.2) is 0 Å². The molecule has 0 unspecified atom stereocenters. The Bertz CT molecular complexity index is 685. The van der Waals surface area contributed by atoms with Gasteiger partial charge in [-0.1, -0.05) is 11.8 Å². The first-order valence-corrected chi connectivity index (χ1v) is 8.64. The van der Waals surface area contributed by atoms with Gasteiger partial charge in [0, 0.05) is 22.5 Å². The van der Waals surface area contributed by atoms with E-state index in [0.29, 0.717) is 10.8 Å². The van der Waals surface area contributed by atoms with Crippen LogP contribution in [-0.2, 0) is 0 Å². The molecule has 2 N–H and O–H groups in total. The average molecular weight is 334 g/mol. The minimum absolute atomic E-state index is 0.228. The molecule has 2 nitrogen and oxygen atoms in total. The topological polar surface area (TPSA) is 24.1 Å². The van der Waals surface area contributed by atoms with E-state index in [4.69, 9.17) is 0 Å². The summed E-state index contributed by atoms with van der Waals surface area (Å²) in [5.41, 5.74) is 1.73. The molecule has 1 saturated heterocycles. The fourth-order valence-electron chi connectivity index (χ4n) is 2.92. The number of hydrogen-bond acceptors (Lipinski definition) is 3. The number of halogens is 2. The number of benzene rings is 2. The second kappa shape index (κ2) is 7.32. The van der Waals surface area contributed by atoms with Crippen molar-refractivity contribution in [3.8, 4) is 0 Å². The van der Waals surface area contributed by atoms with Crippen LogP contribution in [0, 0.1) is 11.6 Å². The summed E-state index contributed by atoms with van der Waals surface area (Å²) >= 11 is 1.37. The number of piperidine rings is 1. The van der Waals surface area contributed by atoms with Gasteiger partial charge in [0.25, 0.3) is 0 Å². The molecule has 0 bridgehead atoms. The molecule has 0 amide bonds. The maximum atomic E-state index is 14.2. The van der Waals surface area contributed by atoms with Gasteiger partial charge in [-0.2, -0.15) is 0 Å². The van der Waals surface area contributed by atoms with Gasteiger partial charge in [0.05, 0.1) is 0 Å². The molecule has 1 heterocycles. The van der Waals surface area contributed by atoms with Crippen LogP contribution in [0.15, 0.2) is 46.2 Å². The van der Waals surface area contributed by atoms with E-state index in [1.165, 1.54) is 23.9 Å². The lowest BCUT2D eigenvalue weighted by molar-refractivity contribution is 0.454. The summed E-state index contributed by atoms with van der Waals surface area (Å²) in [4.78, 5) is 1.50. The van der Waals surface area contributed by atoms with E-state index in [-0.39, 0.29) is 11.6 Å². The summed E-state index contributed by atoms with van der Waals surface area (Å²) in [6.07, 6.45) is 1.97. The highest BCUT2D eigenvalue weighted by Gasteiger charge is 2.20. The van der Waals surface area contributed by atoms with Crippen LogP contribution in [0.1, 0.15) is 24.3 Å². The lowest BCUT2D eigenvalue weighted by Gasteiger charge is -2.25. The van der Waals surface area contributed by atoms with Gasteiger partial charge in [-0.05, 0) is 73.8 Å². The zero-order chi connectivity index (χ0) is 16.2. The van der Waals surface area contributed by atoms with Gasteiger partial charge in [-0.15, -0.1) is 0 Å². The van der Waals surface area contributed by atoms with E-state index in [9.17, 15) is 8.78 Å². The summed E-state index contributed by atoms with van der Waals surface area (Å²) in [6, 6.07) is 9.92. The standard InChI is InChI=1S/C18H20F2N2S/c1-21-14-3-5-18(16(20)11-14)23-17-4-2-13(19)10-15(17)12-6-8-22-9-7-12/h2-5,10-12,21-22H,6-9H2,1H3. The van der Waals surface area contributed by atoms with E-state index in [2.05, 4.69) is 10.6 Å². The molecule has 0 saturated carbocycles. The van der Waals surface area contributed by atoms with Crippen molar-refractivity contribution in [3.05, 3.63) is 53.6 Å². The van der Waals surface area contributed by atoms with Gasteiger partial charge in [0.2, 0.25) is 0 Å². The van der Waals surface area contributed by atoms with Crippen molar-refractivity contribution in [1.29, 1.82) is 0 Å². The fraction of sp³-hybridized carbons (Fsp3) is 0.333. The van der Waals surface area contributed by atoms with E-state index < -0.39 is 0 Å². The second-order valence-corrected chi connectivity index (χ2v) is 6.79. The van der Waals surface area contributed by atoms with E-state index in [1.54, 1.807) is 25.2 Å². The molecule has 1 aliphatic rings. The van der Waals surface area contributed by atoms with Crippen molar-refractivity contribution in [2.45, 2.75) is 28.6 Å². The SMILES string of the molecule is CNc1ccc(Sc2ccc(F)cc2C2CCNCC2)c(F)c1. The van der Waals surface area contributed by atoms with E-state index in [1.807, 2.05) is 6.07 Å². The largest absolute Gasteiger partial charge is 0.388 e. The zero-order valence-electron chi connectivity index (χ0n) is 13.0. The monoisotopic (exact) mass is 334 g/mol. The molecule has 0 radical (unpaired) electrons. The molecule has 1 aliphatic heterocycles. The molecule has 0 atom stereocenters. The second-order valence-electron chi connectivity index (χ2n) is 5.70. The molecule has 23 heavy (non-hydrogen) atoms. The van der Waals surface area contributed by atoms with Crippen LogP contribution >= 0.6 is 11.8 Å². The van der Waals surface area contributed by atoms with Crippen LogP contribution in [0.4, 0.5) is 14.5 Å². The van der Waals surface area contributed by atoms with Gasteiger partial charge in [0.1, 0.15) is 11.6 Å². The smallest absolute Gasteiger partial charge is 0.139 e. The highest BCUT2D eigenvalue weighted by molar-refractivity contribution is 7.99. The van der Waals surface area contributed by atoms with Crippen molar-refractivity contribution >= 4 is 17.4 Å². The predicted octanol–water partition coefficient (Wildman–Crippen LogP) is 4.62. The van der Waals surface area contributed by atoms with Crippen LogP contribution in [0.25, 0.3) is 0 Å². The quantitative estimate of drug-likeness (QED) is 0.853. The van der Waals surface area contributed by atoms with Crippen LogP contribution in [0.2, 0.25) is 0 Å². The van der Waals surface area contributed by atoms with E-state index in [0.717, 1.165) is 42.1 Å². The summed E-state index contributed by atoms with van der Waals surface area (Å²) in [5.74, 6) is -0.162. The maximum absolute atomic E-state index is 14.2. The predicted molar refractivity (Wildman–Crippen MR) is 91.3 cm³/mol. The molecule has 2 aromatic carbocycles. The molecule has 0 spiro atoms. The van der Waals surface area contributed by atoms with Crippen molar-refractivity contribution in [2.24, 2.45) is 0 Å². The fourth-order valence-corrected chi connectivity index (χ4v) is 3.93. The molecular formula is C18H20F2N2S. The third kappa shape index (κ3) is 3.85. The minimum Gasteiger partial charge on any atom is -0.388 e. The summed E-state index contributed by atoms with van der Waals surface area (Å²) in [7, 11) is 1.76. The van der Waals surface area contributed by atoms with Crippen molar-refractivity contribution in [3.63, 3.8) is 0 Å². The summed E-state index contributed by atoms with van der Waals surface area (Å²) < 4.78 is 27.9. The van der Waals surface area contributed by atoms with E-state index >= 15 is 0 Å². The average Bonchev–Trinajstić information content (AvgIpc) is 2.58. The lowest BCUT2D eigenvalue weighted by atomic mass is 9.90. The Balaban J connectivity index is 1.90. The Hall–Kier alpha value is -1.59. The lowest BCUT2D eigenvalue weighted by Crippen LogP contribution is -2.26. The summed E-state index contributed by atoms with van der Waals surface area (Å²) in [5, 5.41) is 6.25. The summed E-state index contributed by atoms with van der Waals surface area (Å²) in [6.45, 7) is 1.88. The Labute approximate surface area is 139 Å². The van der Waals surface area contributed by atoms with Gasteiger partial charge >= 0.3 is 0 Å². The van der Waals surface area contributed by atoms with Gasteiger partial charge < -0.3 is 10.6 Å². The third-order valence-corrected chi connectivity index (χ3v) is 5.33. The normalized spacial score (nSPS) is 15.6. The number of hydrogen-bond donors (Lipinski definition) is 2. The molecule has 3 rings (SSSR count). The molecule has 0 aliphatic carbocycles. The highest BCUT2D eigenvalue weighted by Crippen LogP contribution is 2.38. The molecule has 0 aromatic heterocycles. The third-order valence-electron chi connectivity index (χ3n) is 4.19. The first-order chi connectivity index (χ1) is 11.2. The number of rotatable bonds is 4. The number of anilines is 1. The molecule has 5 heteroatoms. The van der Waals surface area contributed by atoms with Crippen LogP contribution in [0.3, 0.4) is 0 Å². The van der Waals surface area contributed by atoms with Crippen LogP contribution in [-0.4, -0.2) is 20.1 Å².